The summed E-state index contributed by atoms with van der Waals surface area (Å²) in [7, 11) is 4.53. The van der Waals surface area contributed by atoms with E-state index >= 15 is 0 Å². The van der Waals surface area contributed by atoms with E-state index in [-0.39, 0.29) is 25.2 Å². The third-order valence-corrected chi connectivity index (χ3v) is 4.31. The molecule has 0 aliphatic carbocycles. The summed E-state index contributed by atoms with van der Waals surface area (Å²) >= 11 is 0. The normalized spacial score (nSPS) is 11.8. The van der Waals surface area contributed by atoms with Gasteiger partial charge in [0.2, 0.25) is 18.4 Å². The van der Waals surface area contributed by atoms with E-state index in [1.807, 2.05) is 0 Å². The van der Waals surface area contributed by atoms with E-state index in [0.29, 0.717) is 39.9 Å². The fraction of sp³-hybridized carbons (Fsp3) is 0.250. The summed E-state index contributed by atoms with van der Waals surface area (Å²) in [5.41, 5.74) is 0.883. The fourth-order valence-corrected chi connectivity index (χ4v) is 2.87. The van der Waals surface area contributed by atoms with Gasteiger partial charge < -0.3 is 32.8 Å². The molecule has 156 valence electrons. The van der Waals surface area contributed by atoms with Crippen molar-refractivity contribution in [3.8, 4) is 40.2 Å². The molecule has 4 rings (SSSR count). The SMILES string of the molecule is COc1cc(-c2nnc(COC(=O)c3ccc4c(c3)OCO4)o2)cc(OC)c1OC. The Morgan fingerprint density at radius 1 is 0.967 bits per heavy atom. The molecule has 0 bridgehead atoms. The first kappa shape index (κ1) is 19.4. The van der Waals surface area contributed by atoms with E-state index < -0.39 is 5.97 Å². The van der Waals surface area contributed by atoms with Crippen molar-refractivity contribution in [3.63, 3.8) is 0 Å². The predicted molar refractivity (Wildman–Crippen MR) is 101 cm³/mol. The Morgan fingerprint density at radius 3 is 2.40 bits per heavy atom. The zero-order chi connectivity index (χ0) is 21.1. The van der Waals surface area contributed by atoms with Gasteiger partial charge in [-0.15, -0.1) is 10.2 Å². The Balaban J connectivity index is 1.47. The third kappa shape index (κ3) is 3.66. The molecule has 0 saturated heterocycles. The lowest BCUT2D eigenvalue weighted by Gasteiger charge is -2.12. The van der Waals surface area contributed by atoms with E-state index in [9.17, 15) is 4.79 Å². The lowest BCUT2D eigenvalue weighted by molar-refractivity contribution is 0.0438. The van der Waals surface area contributed by atoms with Gasteiger partial charge in [-0.25, -0.2) is 4.79 Å². The van der Waals surface area contributed by atoms with Crippen LogP contribution in [0.3, 0.4) is 0 Å². The van der Waals surface area contributed by atoms with Crippen LogP contribution >= 0.6 is 0 Å². The Bertz CT molecular complexity index is 1050. The highest BCUT2D eigenvalue weighted by Gasteiger charge is 2.20. The van der Waals surface area contributed by atoms with Gasteiger partial charge in [-0.1, -0.05) is 0 Å². The zero-order valence-electron chi connectivity index (χ0n) is 16.5. The number of ether oxygens (including phenoxy) is 6. The van der Waals surface area contributed by atoms with Gasteiger partial charge >= 0.3 is 5.97 Å². The number of hydrogen-bond acceptors (Lipinski definition) is 10. The van der Waals surface area contributed by atoms with Crippen molar-refractivity contribution in [3.05, 3.63) is 41.8 Å². The van der Waals surface area contributed by atoms with Crippen molar-refractivity contribution in [2.24, 2.45) is 0 Å². The number of benzene rings is 2. The molecule has 0 spiro atoms. The predicted octanol–water partition coefficient (Wildman–Crippen LogP) is 2.85. The molecule has 3 aromatic rings. The van der Waals surface area contributed by atoms with Crippen molar-refractivity contribution in [2.45, 2.75) is 6.61 Å². The van der Waals surface area contributed by atoms with Crippen LogP contribution in [0, 0.1) is 0 Å². The van der Waals surface area contributed by atoms with Gasteiger partial charge in [0.05, 0.1) is 26.9 Å². The van der Waals surface area contributed by atoms with Crippen LogP contribution in [-0.2, 0) is 11.3 Å². The standard InChI is InChI=1S/C20H18N2O8/c1-24-15-7-12(8-16(25-2)18(15)26-3)19-22-21-17(30-19)9-27-20(23)11-4-5-13-14(6-11)29-10-28-13/h4-8H,9-10H2,1-3H3. The van der Waals surface area contributed by atoms with Crippen LogP contribution in [0.4, 0.5) is 0 Å². The highest BCUT2D eigenvalue weighted by molar-refractivity contribution is 5.90. The molecule has 2 aromatic carbocycles. The molecule has 10 nitrogen and oxygen atoms in total. The van der Waals surface area contributed by atoms with Crippen LogP contribution < -0.4 is 23.7 Å². The summed E-state index contributed by atoms with van der Waals surface area (Å²) in [5.74, 6) is 2.20. The summed E-state index contributed by atoms with van der Waals surface area (Å²) in [4.78, 5) is 12.3. The van der Waals surface area contributed by atoms with Gasteiger partial charge in [-0.2, -0.15) is 0 Å². The van der Waals surface area contributed by atoms with Gasteiger partial charge in [0, 0.05) is 5.56 Å². The molecule has 0 amide bonds. The van der Waals surface area contributed by atoms with Crippen LogP contribution in [-0.4, -0.2) is 44.3 Å². The van der Waals surface area contributed by atoms with E-state index in [1.165, 1.54) is 21.3 Å². The molecule has 30 heavy (non-hydrogen) atoms. The third-order valence-electron chi connectivity index (χ3n) is 4.31. The first-order valence-electron chi connectivity index (χ1n) is 8.82. The molecule has 1 aliphatic heterocycles. The Labute approximate surface area is 171 Å². The van der Waals surface area contributed by atoms with Crippen molar-refractivity contribution in [2.75, 3.05) is 28.1 Å². The molecule has 1 aliphatic rings. The molecular weight excluding hydrogens is 396 g/mol. The van der Waals surface area contributed by atoms with Gasteiger partial charge in [-0.05, 0) is 30.3 Å². The van der Waals surface area contributed by atoms with E-state index in [0.717, 1.165) is 0 Å². The maximum Gasteiger partial charge on any atom is 0.338 e. The number of hydrogen-bond donors (Lipinski definition) is 0. The maximum absolute atomic E-state index is 12.3. The zero-order valence-corrected chi connectivity index (χ0v) is 16.5. The lowest BCUT2D eigenvalue weighted by Crippen LogP contribution is -2.05. The van der Waals surface area contributed by atoms with Crippen LogP contribution in [0.15, 0.2) is 34.7 Å². The Morgan fingerprint density at radius 2 is 1.70 bits per heavy atom. The molecule has 0 radical (unpaired) electrons. The Kier molecular flexibility index (Phi) is 5.29. The summed E-state index contributed by atoms with van der Waals surface area (Å²) in [6, 6.07) is 8.15. The second-order valence-corrected chi connectivity index (χ2v) is 6.06. The maximum atomic E-state index is 12.3. The van der Waals surface area contributed by atoms with Gasteiger partial charge in [0.25, 0.3) is 5.89 Å². The van der Waals surface area contributed by atoms with Gasteiger partial charge in [0.15, 0.2) is 29.6 Å². The highest BCUT2D eigenvalue weighted by atomic mass is 16.7. The molecule has 10 heteroatoms. The number of fused-ring (bicyclic) bond motifs is 1. The molecular formula is C20H18N2O8. The first-order chi connectivity index (χ1) is 14.6. The van der Waals surface area contributed by atoms with Crippen molar-refractivity contribution in [1.82, 2.24) is 10.2 Å². The molecule has 0 fully saturated rings. The smallest absolute Gasteiger partial charge is 0.338 e. The van der Waals surface area contributed by atoms with Crippen molar-refractivity contribution >= 4 is 5.97 Å². The van der Waals surface area contributed by atoms with Crippen LogP contribution in [0.2, 0.25) is 0 Å². The van der Waals surface area contributed by atoms with Crippen LogP contribution in [0.1, 0.15) is 16.2 Å². The minimum Gasteiger partial charge on any atom is -0.493 e. The largest absolute Gasteiger partial charge is 0.493 e. The van der Waals surface area contributed by atoms with E-state index in [4.69, 9.17) is 32.8 Å². The highest BCUT2D eigenvalue weighted by Crippen LogP contribution is 2.41. The molecule has 0 saturated carbocycles. The second-order valence-electron chi connectivity index (χ2n) is 6.06. The fourth-order valence-electron chi connectivity index (χ4n) is 2.87. The number of aromatic nitrogens is 2. The van der Waals surface area contributed by atoms with Gasteiger partial charge in [-0.3, -0.25) is 0 Å². The minimum absolute atomic E-state index is 0.125. The second kappa shape index (κ2) is 8.19. The number of carbonyl (C=O) groups is 1. The van der Waals surface area contributed by atoms with Crippen molar-refractivity contribution in [1.29, 1.82) is 0 Å². The molecule has 0 atom stereocenters. The van der Waals surface area contributed by atoms with Crippen LogP contribution in [0.5, 0.6) is 28.7 Å². The summed E-state index contributed by atoms with van der Waals surface area (Å²) in [5, 5.41) is 7.91. The summed E-state index contributed by atoms with van der Waals surface area (Å²) < 4.78 is 37.3. The number of carbonyl (C=O) groups excluding carboxylic acids is 1. The topological polar surface area (TPSA) is 111 Å². The summed E-state index contributed by atoms with van der Waals surface area (Å²) in [6.45, 7) is -0.0653. The average Bonchev–Trinajstić information content (AvgIpc) is 3.45. The molecule has 0 unspecified atom stereocenters. The number of nitrogens with zero attached hydrogens (tertiary/aromatic N) is 2. The first-order valence-corrected chi connectivity index (χ1v) is 8.82. The Hall–Kier alpha value is -3.95. The van der Waals surface area contributed by atoms with E-state index in [2.05, 4.69) is 10.2 Å². The lowest BCUT2D eigenvalue weighted by atomic mass is 10.2. The van der Waals surface area contributed by atoms with Gasteiger partial charge in [0.1, 0.15) is 0 Å². The quantitative estimate of drug-likeness (QED) is 0.535. The number of esters is 1. The average molecular weight is 414 g/mol. The summed E-state index contributed by atoms with van der Waals surface area (Å²) in [6.07, 6.45) is 0. The molecule has 2 heterocycles. The van der Waals surface area contributed by atoms with Crippen molar-refractivity contribution < 1.29 is 37.6 Å². The van der Waals surface area contributed by atoms with E-state index in [1.54, 1.807) is 30.3 Å². The minimum atomic E-state index is -0.555. The molecule has 1 aromatic heterocycles. The van der Waals surface area contributed by atoms with Crippen LogP contribution in [0.25, 0.3) is 11.5 Å². The monoisotopic (exact) mass is 414 g/mol. The number of rotatable bonds is 7. The molecule has 0 N–H and O–H groups in total. The number of methoxy groups -OCH3 is 3.